The van der Waals surface area contributed by atoms with Gasteiger partial charge >= 0.3 is 0 Å². The van der Waals surface area contributed by atoms with Crippen molar-refractivity contribution in [3.8, 4) is 5.75 Å². The van der Waals surface area contributed by atoms with E-state index in [-0.39, 0.29) is 82.4 Å². The number of para-hydroxylation sites is 2. The number of H-pyrrole nitrogens is 3. The Morgan fingerprint density at radius 1 is 0.529 bits per heavy atom. The predicted molar refractivity (Wildman–Crippen MR) is 499 cm³/mol. The smallest absolute Gasteiger partial charge is 0.246 e. The van der Waals surface area contributed by atoms with Crippen molar-refractivity contribution < 1.29 is 96.8 Å². The van der Waals surface area contributed by atoms with Gasteiger partial charge in [0.15, 0.2) is 0 Å². The van der Waals surface area contributed by atoms with E-state index in [9.17, 15) is 53.7 Å². The van der Waals surface area contributed by atoms with Crippen LogP contribution in [-0.4, -0.2) is 315 Å². The summed E-state index contributed by atoms with van der Waals surface area (Å²) in [4.78, 5) is 274. The summed E-state index contributed by atoms with van der Waals surface area (Å²) in [5.74, 6) is -17.5. The van der Waals surface area contributed by atoms with Crippen LogP contribution in [0.15, 0.2) is 122 Å². The van der Waals surface area contributed by atoms with Gasteiger partial charge in [0.05, 0.1) is 37.8 Å². The third kappa shape index (κ3) is 28.2. The first-order valence-corrected chi connectivity index (χ1v) is 46.7. The lowest BCUT2D eigenvalue weighted by Crippen LogP contribution is -2.62. The fourth-order valence-corrected chi connectivity index (χ4v) is 17.8. The number of carbonyl (C=O) groups excluding carboxylic acids is 17. The Bertz CT molecular complexity index is 5410. The van der Waals surface area contributed by atoms with Crippen LogP contribution in [0.2, 0.25) is 0 Å². The zero-order chi connectivity index (χ0) is 98.7. The van der Waals surface area contributed by atoms with Gasteiger partial charge in [0.1, 0.15) is 90.3 Å². The second-order valence-corrected chi connectivity index (χ2v) is 36.1. The van der Waals surface area contributed by atoms with Crippen molar-refractivity contribution >= 4 is 134 Å². The minimum Gasteiger partial charge on any atom is -0.508 e. The lowest BCUT2D eigenvalue weighted by atomic mass is 9.99. The number of pyridine rings is 1. The molecule has 4 aromatic heterocycles. The number of likely N-dealkylation sites (N-methyl/N-ethyl adjacent to an activating group) is 3. The van der Waals surface area contributed by atoms with Crippen molar-refractivity contribution in [1.82, 2.24) is 103 Å². The molecular formula is C93H124N22O20S. The number of imidazole rings is 1. The molecule has 15 atom stereocenters. The summed E-state index contributed by atoms with van der Waals surface area (Å²) < 4.78 is 0. The van der Waals surface area contributed by atoms with Gasteiger partial charge in [0.25, 0.3) is 0 Å². The quantitative estimate of drug-likeness (QED) is 0.0325. The first kappa shape index (κ1) is 104. The fraction of sp³-hybridized carbons (Fsp3) is 0.495. The van der Waals surface area contributed by atoms with Gasteiger partial charge in [-0.25, -0.2) is 4.98 Å². The van der Waals surface area contributed by atoms with Crippen LogP contribution in [0.4, 0.5) is 0 Å². The number of hydrogen-bond donors (Lipinski definition) is 18. The number of thioether (sulfide) groups is 1. The third-order valence-electron chi connectivity index (χ3n) is 24.5. The highest BCUT2D eigenvalue weighted by molar-refractivity contribution is 8.00. The molecular weight excluding hydrogens is 1780 g/mol. The van der Waals surface area contributed by atoms with Crippen LogP contribution >= 0.6 is 11.8 Å². The maximum Gasteiger partial charge on any atom is 0.246 e. The number of nitrogens with zero attached hydrogens (tertiary/aromatic N) is 7. The number of unbranched alkanes of at least 4 members (excludes halogenated alkanes) is 2. The van der Waals surface area contributed by atoms with Crippen LogP contribution in [0.3, 0.4) is 0 Å². The van der Waals surface area contributed by atoms with E-state index >= 15 is 43.2 Å². The van der Waals surface area contributed by atoms with Gasteiger partial charge in [-0.05, 0) is 97.5 Å². The summed E-state index contributed by atoms with van der Waals surface area (Å²) in [5, 5.41) is 60.9. The van der Waals surface area contributed by atoms with E-state index in [2.05, 4.69) is 78.1 Å². The van der Waals surface area contributed by atoms with E-state index in [1.54, 1.807) is 86.9 Å². The summed E-state index contributed by atoms with van der Waals surface area (Å²) in [6.45, 7) is 6.08. The van der Waals surface area contributed by atoms with E-state index in [1.807, 2.05) is 13.8 Å². The average molecular weight is 1900 g/mol. The van der Waals surface area contributed by atoms with Crippen LogP contribution in [0, 0.1) is 5.92 Å². The molecule has 17 amide bonds. The highest BCUT2D eigenvalue weighted by atomic mass is 32.2. The number of benzene rings is 3. The molecule has 7 aromatic rings. The molecule has 0 radical (unpaired) electrons. The highest BCUT2D eigenvalue weighted by Gasteiger charge is 2.47. The number of primary amides is 2. The summed E-state index contributed by atoms with van der Waals surface area (Å²) >= 11 is 0.777. The molecule has 3 fully saturated rings. The Morgan fingerprint density at radius 2 is 1.07 bits per heavy atom. The number of nitrogens with one attached hydrogen (secondary N) is 13. The van der Waals surface area contributed by atoms with E-state index in [0.29, 0.717) is 75.4 Å². The maximum absolute atomic E-state index is 15.8. The number of fused-ring (bicyclic) bond motifs is 4. The third-order valence-corrected chi connectivity index (χ3v) is 25.5. The van der Waals surface area contributed by atoms with E-state index in [0.717, 1.165) is 31.4 Å². The normalized spacial score (nSPS) is 24.7. The molecule has 7 heterocycles. The summed E-state index contributed by atoms with van der Waals surface area (Å²) in [6.07, 6.45) is 6.58. The van der Waals surface area contributed by atoms with Crippen molar-refractivity contribution in [1.29, 1.82) is 0 Å². The first-order chi connectivity index (χ1) is 64.9. The molecule has 0 bridgehead atoms. The lowest BCUT2D eigenvalue weighted by Gasteiger charge is -2.36. The van der Waals surface area contributed by atoms with Crippen molar-refractivity contribution in [2.24, 2.45) is 17.4 Å². The number of rotatable bonds is 24. The molecule has 3 saturated heterocycles. The number of phenols is 1. The molecule has 10 rings (SSSR count). The molecule has 3 aliphatic rings. The molecule has 0 aliphatic carbocycles. The highest BCUT2D eigenvalue weighted by Crippen LogP contribution is 2.28. The second kappa shape index (κ2) is 49.4. The first-order valence-electron chi connectivity index (χ1n) is 45.5. The number of aliphatic hydroxyl groups excluding tert-OH is 2. The number of aromatic amines is 3. The Balaban J connectivity index is 1.02. The number of hydrogen-bond acceptors (Lipinski definition) is 23. The zero-order valence-corrected chi connectivity index (χ0v) is 78.1. The Morgan fingerprint density at radius 3 is 1.67 bits per heavy atom. The standard InChI is InChI=1S/C93H124N22O20S/c1-9-11-24-73-86(128)103-64(35-54-19-17-31-96-41-54)82(124)110-72(81(123)100-45-78(95)120)48-136-49-79(121)102-68(34-53-27-29-58(117)30-28-53)89(131)111(6)52(5)80(122)106-70(40-77(94)119)91(133)114-32-18-26-74(114)87(129)105-66(38-57-44-97-50-101-57)84(126)107-67(33-51(3)4)92(134)115-46-59(118)39-76(115)88(130)104-65(36-55-42-98-62-22-15-13-20-60(55)62)83(125)109-71(47-116)85(127)108-69(37-56-43-99-63-23-16-14-21-61(56)63)90(132)113(8)75(25-12-10-2)93(135)112(73)7/h13-17,19-23,27-31,41-44,50-52,59,64-76,98-99,116-118H,9-12,18,24-26,32-40,45-49H2,1-8H3,(H2,94,119)(H2,95,120)(H,97,101)(H,100,123)(H,102,121)(H,103,128)(H,104,130)(H,105,129)(H,106,122)(H,107,126)(H,108,127)(H,109,125)(H,110,124)/t52-,59+,64-,65-,66-,67-,68-,69-,70-,71-,72-,73-,74-,75-,76-/m0/s1. The molecule has 136 heavy (non-hydrogen) atoms. The molecule has 732 valence electrons. The van der Waals surface area contributed by atoms with Crippen molar-refractivity contribution in [3.05, 3.63) is 150 Å². The molecule has 20 N–H and O–H groups in total. The van der Waals surface area contributed by atoms with Crippen LogP contribution in [0.1, 0.15) is 133 Å². The zero-order valence-electron chi connectivity index (χ0n) is 77.3. The van der Waals surface area contributed by atoms with Gasteiger partial charge in [0, 0.05) is 137 Å². The summed E-state index contributed by atoms with van der Waals surface area (Å²) in [7, 11) is 3.94. The van der Waals surface area contributed by atoms with E-state index in [4.69, 9.17) is 11.5 Å². The van der Waals surface area contributed by atoms with Gasteiger partial charge in [-0.1, -0.05) is 108 Å². The van der Waals surface area contributed by atoms with E-state index < -0.39 is 235 Å². The van der Waals surface area contributed by atoms with Crippen molar-refractivity contribution in [2.45, 2.75) is 228 Å². The Hall–Kier alpha value is -13.8. The molecule has 3 aromatic carbocycles. The predicted octanol–water partition coefficient (Wildman–Crippen LogP) is -1.55. The van der Waals surface area contributed by atoms with Crippen LogP contribution in [0.25, 0.3) is 21.8 Å². The van der Waals surface area contributed by atoms with Crippen LogP contribution < -0.4 is 64.6 Å². The topological polar surface area (TPSA) is 613 Å². The van der Waals surface area contributed by atoms with Gasteiger partial charge in [0.2, 0.25) is 100 Å². The molecule has 0 saturated carbocycles. The molecule has 3 aliphatic heterocycles. The van der Waals surface area contributed by atoms with Crippen LogP contribution in [0.5, 0.6) is 5.75 Å². The summed E-state index contributed by atoms with van der Waals surface area (Å²) in [5.41, 5.74) is 14.6. The van der Waals surface area contributed by atoms with Crippen molar-refractivity contribution in [2.75, 3.05) is 58.9 Å². The number of aromatic hydroxyl groups is 1. The number of aromatic nitrogens is 5. The van der Waals surface area contributed by atoms with Crippen LogP contribution in [-0.2, 0) is 114 Å². The van der Waals surface area contributed by atoms with Gasteiger partial charge < -0.3 is 119 Å². The van der Waals surface area contributed by atoms with Gasteiger partial charge in [-0.2, -0.15) is 0 Å². The minimum absolute atomic E-state index is 0.00139. The number of phenolic OH excluding ortho intramolecular Hbond substituents is 1. The minimum atomic E-state index is -1.89. The maximum atomic E-state index is 15.8. The number of aliphatic hydroxyl groups is 2. The van der Waals surface area contributed by atoms with Gasteiger partial charge in [-0.3, -0.25) is 86.5 Å². The SMILES string of the molecule is CCCC[C@H]1C(=O)N(C)[C@@H](CCCC)C(=O)N[C@@H](Cc2cccnc2)C(=O)N[C@H](C(=O)NCC(N)=O)CSCC(=O)N[C@@H](Cc2ccc(O)cc2)C(=O)N(C)[C@@H](C)C(=O)N[C@@H](CC(N)=O)C(=O)N2CCC[C@H]2C(=O)N[C@@H](Cc2cnc[nH]2)C(=O)N[C@@H](CC(C)C)C(=O)N2C[C@H](O)C[C@H]2C(=O)N[C@@H](Cc2c[nH]c3ccccc23)C(=O)N[C@@H](CO)C(=O)N[C@@H](Cc2c[nH]c3ccccc23)C(=O)N1C. The lowest BCUT2D eigenvalue weighted by molar-refractivity contribution is -0.149. The molecule has 42 nitrogen and oxygen atoms in total. The number of carbonyl (C=O) groups is 17. The molecule has 0 unspecified atom stereocenters. The van der Waals surface area contributed by atoms with Crippen molar-refractivity contribution in [3.63, 3.8) is 0 Å². The Labute approximate surface area is 789 Å². The largest absolute Gasteiger partial charge is 0.508 e. The monoisotopic (exact) mass is 1900 g/mol. The average Bonchev–Trinajstić information content (AvgIpc) is 1.65. The fourth-order valence-electron chi connectivity index (χ4n) is 17.0. The number of nitrogens with two attached hydrogens (primary N) is 2. The Kier molecular flexibility index (Phi) is 37.9. The summed E-state index contributed by atoms with van der Waals surface area (Å²) in [6, 6.07) is 1.06. The van der Waals surface area contributed by atoms with E-state index in [1.165, 1.54) is 82.1 Å². The molecule has 43 heteroatoms. The second-order valence-electron chi connectivity index (χ2n) is 35.1. The molecule has 0 spiro atoms. The van der Waals surface area contributed by atoms with Gasteiger partial charge in [-0.15, -0.1) is 11.8 Å². The number of amides is 17.